The zero-order valence-corrected chi connectivity index (χ0v) is 9.40. The van der Waals surface area contributed by atoms with E-state index < -0.39 is 5.97 Å². The monoisotopic (exact) mass is 218 g/mol. The number of aryl methyl sites for hydroxylation is 2. The predicted molar refractivity (Wildman–Crippen MR) is 61.5 cm³/mol. The van der Waals surface area contributed by atoms with Crippen molar-refractivity contribution >= 4 is 16.9 Å². The first-order valence-electron chi connectivity index (χ1n) is 5.29. The van der Waals surface area contributed by atoms with Crippen molar-refractivity contribution in [2.75, 3.05) is 0 Å². The van der Waals surface area contributed by atoms with Gasteiger partial charge in [0.15, 0.2) is 0 Å². The lowest BCUT2D eigenvalue weighted by molar-refractivity contribution is -0.136. The van der Waals surface area contributed by atoms with Crippen LogP contribution in [0.15, 0.2) is 18.2 Å². The van der Waals surface area contributed by atoms with Crippen LogP contribution in [0.5, 0.6) is 0 Å². The van der Waals surface area contributed by atoms with E-state index >= 15 is 0 Å². The average molecular weight is 218 g/mol. The van der Waals surface area contributed by atoms with E-state index in [0.717, 1.165) is 28.7 Å². The Morgan fingerprint density at radius 1 is 1.50 bits per heavy atom. The molecule has 0 bridgehead atoms. The number of hydrogen-bond acceptors (Lipinski definition) is 2. The van der Waals surface area contributed by atoms with Gasteiger partial charge in [0.2, 0.25) is 0 Å². The smallest absolute Gasteiger partial charge is 0.307 e. The van der Waals surface area contributed by atoms with E-state index in [1.165, 1.54) is 0 Å². The number of carbonyl (C=O) groups is 1. The zero-order chi connectivity index (χ0) is 11.7. The summed E-state index contributed by atoms with van der Waals surface area (Å²) >= 11 is 0. The Kier molecular flexibility index (Phi) is 2.64. The topological polar surface area (TPSA) is 55.1 Å². The Hall–Kier alpha value is -1.84. The summed E-state index contributed by atoms with van der Waals surface area (Å²) in [6.45, 7) is 4.80. The summed E-state index contributed by atoms with van der Waals surface area (Å²) in [5, 5.41) is 14.2. The first kappa shape index (κ1) is 10.7. The van der Waals surface area contributed by atoms with Gasteiger partial charge >= 0.3 is 5.97 Å². The molecule has 0 aliphatic heterocycles. The molecule has 4 nitrogen and oxygen atoms in total. The van der Waals surface area contributed by atoms with Crippen LogP contribution < -0.4 is 0 Å². The molecule has 0 aliphatic carbocycles. The molecule has 1 aromatic heterocycles. The first-order valence-corrected chi connectivity index (χ1v) is 5.29. The molecule has 0 amide bonds. The zero-order valence-electron chi connectivity index (χ0n) is 9.40. The minimum absolute atomic E-state index is 0.0622. The maximum atomic E-state index is 10.6. The second-order valence-electron chi connectivity index (χ2n) is 3.82. The van der Waals surface area contributed by atoms with E-state index in [2.05, 4.69) is 5.10 Å². The molecule has 1 heterocycles. The molecule has 0 radical (unpaired) electrons. The second-order valence-corrected chi connectivity index (χ2v) is 3.82. The number of hydrogen-bond donors (Lipinski definition) is 1. The fourth-order valence-electron chi connectivity index (χ4n) is 1.91. The third-order valence-corrected chi connectivity index (χ3v) is 2.65. The average Bonchev–Trinajstić information content (AvgIpc) is 2.55. The van der Waals surface area contributed by atoms with Crippen molar-refractivity contribution in [1.29, 1.82) is 0 Å². The van der Waals surface area contributed by atoms with E-state index in [1.54, 1.807) is 0 Å². The number of aliphatic carboxylic acids is 1. The first-order chi connectivity index (χ1) is 7.61. The molecule has 4 heteroatoms. The predicted octanol–water partition coefficient (Wildman–Crippen LogP) is 1.99. The van der Waals surface area contributed by atoms with E-state index in [1.807, 2.05) is 36.7 Å². The molecule has 0 spiro atoms. The quantitative estimate of drug-likeness (QED) is 0.857. The van der Waals surface area contributed by atoms with Crippen molar-refractivity contribution < 1.29 is 9.90 Å². The number of benzene rings is 1. The van der Waals surface area contributed by atoms with Gasteiger partial charge in [-0.05, 0) is 31.5 Å². The molecule has 1 aromatic carbocycles. The molecule has 0 aliphatic rings. The van der Waals surface area contributed by atoms with Crippen molar-refractivity contribution in [1.82, 2.24) is 9.78 Å². The SMILES string of the molecule is CCn1nc(C)c2cc(CC(=O)O)ccc21. The van der Waals surface area contributed by atoms with Crippen LogP contribution >= 0.6 is 0 Å². The summed E-state index contributed by atoms with van der Waals surface area (Å²) in [5.74, 6) is -0.806. The summed E-state index contributed by atoms with van der Waals surface area (Å²) in [5.41, 5.74) is 2.83. The van der Waals surface area contributed by atoms with Gasteiger partial charge in [-0.1, -0.05) is 6.07 Å². The van der Waals surface area contributed by atoms with Gasteiger partial charge < -0.3 is 5.11 Å². The van der Waals surface area contributed by atoms with Crippen LogP contribution in [0.3, 0.4) is 0 Å². The highest BCUT2D eigenvalue weighted by molar-refractivity contribution is 5.83. The van der Waals surface area contributed by atoms with Gasteiger partial charge in [0.25, 0.3) is 0 Å². The molecule has 2 rings (SSSR count). The summed E-state index contributed by atoms with van der Waals surface area (Å²) in [6, 6.07) is 5.71. The minimum atomic E-state index is -0.806. The van der Waals surface area contributed by atoms with Crippen LogP contribution in [0.1, 0.15) is 18.2 Å². The normalized spacial score (nSPS) is 10.9. The summed E-state index contributed by atoms with van der Waals surface area (Å²) in [4.78, 5) is 10.6. The number of rotatable bonds is 3. The van der Waals surface area contributed by atoms with E-state index in [0.29, 0.717) is 0 Å². The van der Waals surface area contributed by atoms with Crippen LogP contribution in [0.2, 0.25) is 0 Å². The Morgan fingerprint density at radius 2 is 2.25 bits per heavy atom. The van der Waals surface area contributed by atoms with Crippen molar-refractivity contribution in [3.63, 3.8) is 0 Å². The third-order valence-electron chi connectivity index (χ3n) is 2.65. The summed E-state index contributed by atoms with van der Waals surface area (Å²) in [6.07, 6.45) is 0.0622. The molecule has 84 valence electrons. The van der Waals surface area contributed by atoms with Gasteiger partial charge in [-0.2, -0.15) is 5.10 Å². The molecule has 16 heavy (non-hydrogen) atoms. The number of nitrogens with zero attached hydrogens (tertiary/aromatic N) is 2. The third kappa shape index (κ3) is 1.78. The molecular formula is C12H14N2O2. The van der Waals surface area contributed by atoms with E-state index in [-0.39, 0.29) is 6.42 Å². The van der Waals surface area contributed by atoms with Crippen molar-refractivity contribution in [3.05, 3.63) is 29.5 Å². The summed E-state index contributed by atoms with van der Waals surface area (Å²) in [7, 11) is 0. The van der Waals surface area contributed by atoms with Crippen LogP contribution in [0, 0.1) is 6.92 Å². The Bertz CT molecular complexity index is 543. The van der Waals surface area contributed by atoms with Gasteiger partial charge in [0, 0.05) is 11.9 Å². The second kappa shape index (κ2) is 3.96. The number of carboxylic acids is 1. The Balaban J connectivity index is 2.53. The maximum Gasteiger partial charge on any atom is 0.307 e. The molecular weight excluding hydrogens is 204 g/mol. The molecule has 1 N–H and O–H groups in total. The van der Waals surface area contributed by atoms with Gasteiger partial charge in [-0.15, -0.1) is 0 Å². The molecule has 0 saturated carbocycles. The molecule has 0 atom stereocenters. The van der Waals surface area contributed by atoms with Crippen LogP contribution in [0.25, 0.3) is 10.9 Å². The number of fused-ring (bicyclic) bond motifs is 1. The lowest BCUT2D eigenvalue weighted by Crippen LogP contribution is -2.00. The Labute approximate surface area is 93.5 Å². The maximum absolute atomic E-state index is 10.6. The van der Waals surface area contributed by atoms with Gasteiger partial charge in [0.1, 0.15) is 0 Å². The summed E-state index contributed by atoms with van der Waals surface area (Å²) < 4.78 is 1.93. The van der Waals surface area contributed by atoms with Gasteiger partial charge in [-0.3, -0.25) is 9.48 Å². The largest absolute Gasteiger partial charge is 0.481 e. The lowest BCUT2D eigenvalue weighted by Gasteiger charge is -2.00. The van der Waals surface area contributed by atoms with Crippen LogP contribution in [-0.4, -0.2) is 20.9 Å². The van der Waals surface area contributed by atoms with Crippen LogP contribution in [-0.2, 0) is 17.8 Å². The highest BCUT2D eigenvalue weighted by Gasteiger charge is 2.08. The Morgan fingerprint density at radius 3 is 2.88 bits per heavy atom. The van der Waals surface area contributed by atoms with Crippen LogP contribution in [0.4, 0.5) is 0 Å². The van der Waals surface area contributed by atoms with E-state index in [4.69, 9.17) is 5.11 Å². The minimum Gasteiger partial charge on any atom is -0.481 e. The van der Waals surface area contributed by atoms with Crippen molar-refractivity contribution in [3.8, 4) is 0 Å². The molecule has 2 aromatic rings. The van der Waals surface area contributed by atoms with Gasteiger partial charge in [0.05, 0.1) is 17.6 Å². The standard InChI is InChI=1S/C12H14N2O2/c1-3-14-11-5-4-9(7-12(15)16)6-10(11)8(2)13-14/h4-6H,3,7H2,1-2H3,(H,15,16). The number of carboxylic acid groups (broad SMARTS) is 1. The van der Waals surface area contributed by atoms with Crippen molar-refractivity contribution in [2.24, 2.45) is 0 Å². The lowest BCUT2D eigenvalue weighted by atomic mass is 10.1. The number of aromatic nitrogens is 2. The molecule has 0 fully saturated rings. The van der Waals surface area contributed by atoms with Crippen molar-refractivity contribution in [2.45, 2.75) is 26.8 Å². The molecule has 0 saturated heterocycles. The fourth-order valence-corrected chi connectivity index (χ4v) is 1.91. The fraction of sp³-hybridized carbons (Fsp3) is 0.333. The highest BCUT2D eigenvalue weighted by atomic mass is 16.4. The molecule has 0 unspecified atom stereocenters. The van der Waals surface area contributed by atoms with Gasteiger partial charge in [-0.25, -0.2) is 0 Å². The highest BCUT2D eigenvalue weighted by Crippen LogP contribution is 2.20. The van der Waals surface area contributed by atoms with E-state index in [9.17, 15) is 4.79 Å².